The molecule has 5 heteroatoms. The Hall–Kier alpha value is -0.130. The number of rotatable bonds is 1. The molecule has 0 saturated heterocycles. The Kier molecular flexibility index (Phi) is 0.922. The highest BCUT2D eigenvalue weighted by atomic mass is 32.2. The fourth-order valence-corrected chi connectivity index (χ4v) is 0.983. The molecule has 48 valence electrons. The van der Waals surface area contributed by atoms with E-state index in [0.717, 1.165) is 0 Å². The maximum absolute atomic E-state index is 10.0. The van der Waals surface area contributed by atoms with Gasteiger partial charge in [-0.15, -0.1) is 0 Å². The minimum atomic E-state index is -4.17. The van der Waals surface area contributed by atoms with E-state index in [1.54, 1.807) is 0 Å². The van der Waals surface area contributed by atoms with Crippen molar-refractivity contribution in [3.63, 3.8) is 0 Å². The minimum Gasteiger partial charge on any atom is -0.372 e. The summed E-state index contributed by atoms with van der Waals surface area (Å²) in [7, 11) is -4.17. The average Bonchev–Trinajstić information content (AvgIpc) is 2.16. The lowest BCUT2D eigenvalue weighted by molar-refractivity contribution is 0.215. The van der Waals surface area contributed by atoms with Crippen molar-refractivity contribution in [2.24, 2.45) is 0 Å². The van der Waals surface area contributed by atoms with Crippen LogP contribution in [-0.4, -0.2) is 23.0 Å². The molecule has 0 bridgehead atoms. The summed E-state index contributed by atoms with van der Waals surface area (Å²) in [6.07, 6.45) is 0.317. The predicted molar refractivity (Wildman–Crippen MR) is 25.7 cm³/mol. The molecule has 1 aliphatic rings. The van der Waals surface area contributed by atoms with Gasteiger partial charge in [0, 0.05) is 0 Å². The summed E-state index contributed by atoms with van der Waals surface area (Å²) in [5.41, 5.74) is 0. The zero-order chi connectivity index (χ0) is 6.41. The van der Waals surface area contributed by atoms with Gasteiger partial charge in [-0.1, -0.05) is 0 Å². The van der Waals surface area contributed by atoms with E-state index in [4.69, 9.17) is 9.66 Å². The van der Waals surface area contributed by atoms with E-state index in [1.807, 2.05) is 0 Å². The molecule has 0 atom stereocenters. The number of aliphatic hydroxyl groups is 1. The molecule has 0 aromatic heterocycles. The Balaban J connectivity index is 2.90. The summed E-state index contributed by atoms with van der Waals surface area (Å²) in [6.45, 7) is 0. The fraction of sp³-hybridized carbons (Fsp3) is 1.00. The lowest BCUT2D eigenvalue weighted by Crippen LogP contribution is -2.20. The summed E-state index contributed by atoms with van der Waals surface area (Å²) in [4.78, 5) is -1.78. The molecule has 8 heavy (non-hydrogen) atoms. The van der Waals surface area contributed by atoms with Crippen molar-refractivity contribution in [3.05, 3.63) is 0 Å². The SMILES string of the molecule is O=S(=O)(O)C1(O)CC1. The Morgan fingerprint density at radius 1 is 1.38 bits per heavy atom. The van der Waals surface area contributed by atoms with Gasteiger partial charge in [0.05, 0.1) is 0 Å². The summed E-state index contributed by atoms with van der Waals surface area (Å²) < 4.78 is 28.2. The van der Waals surface area contributed by atoms with Gasteiger partial charge in [0.1, 0.15) is 0 Å². The van der Waals surface area contributed by atoms with Crippen LogP contribution in [0, 0.1) is 0 Å². The molecule has 0 radical (unpaired) electrons. The van der Waals surface area contributed by atoms with Crippen molar-refractivity contribution in [3.8, 4) is 0 Å². The topological polar surface area (TPSA) is 74.6 Å². The zero-order valence-corrected chi connectivity index (χ0v) is 4.85. The number of hydrogen-bond donors (Lipinski definition) is 2. The maximum atomic E-state index is 10.0. The molecule has 0 heterocycles. The van der Waals surface area contributed by atoms with E-state index in [9.17, 15) is 8.42 Å². The van der Waals surface area contributed by atoms with Gasteiger partial charge in [0.25, 0.3) is 10.1 Å². The molecule has 4 nitrogen and oxygen atoms in total. The second-order valence-corrected chi connectivity index (χ2v) is 3.63. The zero-order valence-electron chi connectivity index (χ0n) is 4.03. The van der Waals surface area contributed by atoms with Crippen LogP contribution >= 0.6 is 0 Å². The standard InChI is InChI=1S/C3H6O4S/c4-3(1-2-3)8(5,6)7/h4H,1-2H2,(H,5,6,7). The van der Waals surface area contributed by atoms with Gasteiger partial charge in [-0.2, -0.15) is 8.42 Å². The lowest BCUT2D eigenvalue weighted by atomic mass is 10.8. The summed E-state index contributed by atoms with van der Waals surface area (Å²) in [6, 6.07) is 0. The van der Waals surface area contributed by atoms with Crippen molar-refractivity contribution < 1.29 is 18.1 Å². The van der Waals surface area contributed by atoms with E-state index in [2.05, 4.69) is 0 Å². The minimum absolute atomic E-state index is 0.159. The highest BCUT2D eigenvalue weighted by Crippen LogP contribution is 2.39. The number of hydrogen-bond acceptors (Lipinski definition) is 3. The van der Waals surface area contributed by atoms with Gasteiger partial charge in [0.2, 0.25) is 0 Å². The third-order valence-corrected chi connectivity index (χ3v) is 2.53. The predicted octanol–water partition coefficient (Wildman–Crippen LogP) is -0.643. The van der Waals surface area contributed by atoms with Crippen LogP contribution in [0.5, 0.6) is 0 Å². The highest BCUT2D eigenvalue weighted by molar-refractivity contribution is 7.87. The first-order valence-corrected chi connectivity index (χ1v) is 3.59. The van der Waals surface area contributed by atoms with E-state index in [-0.39, 0.29) is 12.8 Å². The second kappa shape index (κ2) is 1.23. The van der Waals surface area contributed by atoms with Crippen molar-refractivity contribution in [2.75, 3.05) is 0 Å². The fourth-order valence-electron chi connectivity index (χ4n) is 0.365. The van der Waals surface area contributed by atoms with Crippen LogP contribution in [0.25, 0.3) is 0 Å². The molecule has 0 aromatic carbocycles. The van der Waals surface area contributed by atoms with Gasteiger partial charge in [-0.3, -0.25) is 4.55 Å². The molecule has 0 amide bonds. The quantitative estimate of drug-likeness (QED) is 0.472. The molecule has 1 saturated carbocycles. The first kappa shape index (κ1) is 6.00. The Bertz CT molecular complexity index is 187. The lowest BCUT2D eigenvalue weighted by Gasteiger charge is -1.98. The van der Waals surface area contributed by atoms with Gasteiger partial charge >= 0.3 is 0 Å². The van der Waals surface area contributed by atoms with E-state index >= 15 is 0 Å². The summed E-state index contributed by atoms with van der Waals surface area (Å²) in [5.74, 6) is 0. The first-order chi connectivity index (χ1) is 3.46. The smallest absolute Gasteiger partial charge is 0.294 e. The summed E-state index contributed by atoms with van der Waals surface area (Å²) >= 11 is 0. The van der Waals surface area contributed by atoms with Crippen molar-refractivity contribution >= 4 is 10.1 Å². The third-order valence-electron chi connectivity index (χ3n) is 1.16. The average molecular weight is 138 g/mol. The second-order valence-electron chi connectivity index (χ2n) is 1.92. The largest absolute Gasteiger partial charge is 0.372 e. The van der Waals surface area contributed by atoms with E-state index < -0.39 is 15.1 Å². The monoisotopic (exact) mass is 138 g/mol. The molecular weight excluding hydrogens is 132 g/mol. The molecule has 0 aliphatic heterocycles. The molecule has 0 unspecified atom stereocenters. The maximum Gasteiger partial charge on any atom is 0.294 e. The van der Waals surface area contributed by atoms with Gasteiger partial charge < -0.3 is 5.11 Å². The van der Waals surface area contributed by atoms with Crippen LogP contribution in [-0.2, 0) is 10.1 Å². The Morgan fingerprint density at radius 3 is 1.75 bits per heavy atom. The van der Waals surface area contributed by atoms with Crippen LogP contribution in [0.15, 0.2) is 0 Å². The van der Waals surface area contributed by atoms with E-state index in [1.165, 1.54) is 0 Å². The van der Waals surface area contributed by atoms with Crippen LogP contribution < -0.4 is 0 Å². The van der Waals surface area contributed by atoms with Crippen LogP contribution in [0.1, 0.15) is 12.8 Å². The first-order valence-electron chi connectivity index (χ1n) is 2.15. The molecule has 0 spiro atoms. The van der Waals surface area contributed by atoms with Crippen molar-refractivity contribution in [2.45, 2.75) is 17.8 Å². The van der Waals surface area contributed by atoms with Gasteiger partial charge in [-0.25, -0.2) is 0 Å². The van der Waals surface area contributed by atoms with Crippen LogP contribution in [0.4, 0.5) is 0 Å². The highest BCUT2D eigenvalue weighted by Gasteiger charge is 2.52. The molecule has 2 N–H and O–H groups in total. The summed E-state index contributed by atoms with van der Waals surface area (Å²) in [5, 5.41) is 8.63. The van der Waals surface area contributed by atoms with Crippen molar-refractivity contribution in [1.82, 2.24) is 0 Å². The van der Waals surface area contributed by atoms with Gasteiger partial charge in [-0.05, 0) is 12.8 Å². The molecule has 0 aromatic rings. The Morgan fingerprint density at radius 2 is 1.75 bits per heavy atom. The molecule has 1 fully saturated rings. The molecule has 1 aliphatic carbocycles. The van der Waals surface area contributed by atoms with Crippen LogP contribution in [0.3, 0.4) is 0 Å². The van der Waals surface area contributed by atoms with Crippen LogP contribution in [0.2, 0.25) is 0 Å². The Labute approximate surface area is 46.9 Å². The van der Waals surface area contributed by atoms with E-state index in [0.29, 0.717) is 0 Å². The molecule has 1 rings (SSSR count). The van der Waals surface area contributed by atoms with Crippen molar-refractivity contribution in [1.29, 1.82) is 0 Å². The third kappa shape index (κ3) is 0.724. The van der Waals surface area contributed by atoms with Gasteiger partial charge in [0.15, 0.2) is 4.93 Å². The molecular formula is C3H6O4S. The normalized spacial score (nSPS) is 25.2.